The molecule has 0 aromatic carbocycles. The minimum absolute atomic E-state index is 0.0263. The van der Waals surface area contributed by atoms with E-state index in [1.807, 2.05) is 21.1 Å². The minimum Gasteiger partial charge on any atom is -0.462 e. The summed E-state index contributed by atoms with van der Waals surface area (Å²) in [5.41, 5.74) is 0. The summed E-state index contributed by atoms with van der Waals surface area (Å²) in [6.45, 7) is 4.28. The number of hydrogen-bond acceptors (Lipinski definition) is 7. The largest absolute Gasteiger partial charge is 0.472 e. The summed E-state index contributed by atoms with van der Waals surface area (Å²) in [4.78, 5) is 35.6. The van der Waals surface area contributed by atoms with Gasteiger partial charge in [-0.3, -0.25) is 18.6 Å². The van der Waals surface area contributed by atoms with Crippen LogP contribution >= 0.6 is 7.82 Å². The first-order valence-electron chi connectivity index (χ1n) is 26.2. The predicted octanol–water partition coefficient (Wildman–Crippen LogP) is 15.8. The van der Waals surface area contributed by atoms with Crippen molar-refractivity contribution in [1.82, 2.24) is 0 Å². The predicted molar refractivity (Wildman–Crippen MR) is 275 cm³/mol. The molecule has 10 heteroatoms. The zero-order chi connectivity index (χ0) is 47.8. The Labute approximate surface area is 399 Å². The number of carbonyl (C=O) groups excluding carboxylic acids is 2. The summed E-state index contributed by atoms with van der Waals surface area (Å²) in [7, 11) is 1.46. The van der Waals surface area contributed by atoms with Crippen LogP contribution in [-0.4, -0.2) is 74.9 Å². The van der Waals surface area contributed by atoms with Gasteiger partial charge in [0.25, 0.3) is 0 Å². The standard InChI is InChI=1S/C55H98NO8P/c1-6-8-10-12-14-16-18-20-22-24-25-26-27-28-29-30-31-32-34-36-38-40-42-44-46-48-55(58)64-53(52-63-65(59,60)62-50-49-56(3,4)5)51-61-54(57)47-45-43-41-39-37-35-33-23-21-19-17-15-13-11-9-7-2/h8,10,14,16-17,19-20,22-23,25-26,33,53H,6-7,9,11-13,15,18,21,24,27-32,34-52H2,1-5H3/p+1/b10-8-,16-14-,19-17-,22-20-,26-25-,33-23-. The van der Waals surface area contributed by atoms with Gasteiger partial charge in [-0.05, 0) is 83.5 Å². The number of hydrogen-bond donors (Lipinski definition) is 1. The first-order valence-corrected chi connectivity index (χ1v) is 27.7. The molecule has 0 rings (SSSR count). The van der Waals surface area contributed by atoms with Gasteiger partial charge in [0, 0.05) is 12.8 Å². The molecule has 65 heavy (non-hydrogen) atoms. The maximum Gasteiger partial charge on any atom is 0.472 e. The molecule has 0 bridgehead atoms. The second kappa shape index (κ2) is 46.6. The highest BCUT2D eigenvalue weighted by atomic mass is 31.2. The summed E-state index contributed by atoms with van der Waals surface area (Å²) < 4.78 is 34.5. The fourth-order valence-corrected chi connectivity index (χ4v) is 7.66. The third kappa shape index (κ3) is 50.7. The molecule has 0 radical (unpaired) electrons. The highest BCUT2D eigenvalue weighted by Crippen LogP contribution is 2.43. The second-order valence-electron chi connectivity index (χ2n) is 18.5. The highest BCUT2D eigenvalue weighted by Gasteiger charge is 2.27. The number of allylic oxidation sites excluding steroid dienone is 12. The van der Waals surface area contributed by atoms with E-state index in [0.29, 0.717) is 17.4 Å². The van der Waals surface area contributed by atoms with E-state index >= 15 is 0 Å². The van der Waals surface area contributed by atoms with E-state index in [0.717, 1.165) is 89.9 Å². The molecule has 0 aromatic heterocycles. The van der Waals surface area contributed by atoms with Crippen LogP contribution in [0.3, 0.4) is 0 Å². The van der Waals surface area contributed by atoms with Gasteiger partial charge in [0.05, 0.1) is 27.7 Å². The molecular weight excluding hydrogens is 834 g/mol. The number of quaternary nitrogens is 1. The first-order chi connectivity index (χ1) is 31.5. The Hall–Kier alpha value is -2.55. The third-order valence-electron chi connectivity index (χ3n) is 11.0. The molecule has 0 amide bonds. The zero-order valence-corrected chi connectivity index (χ0v) is 43.3. The van der Waals surface area contributed by atoms with E-state index in [4.69, 9.17) is 18.5 Å². The van der Waals surface area contributed by atoms with E-state index in [2.05, 4.69) is 86.8 Å². The molecule has 1 N–H and O–H groups in total. The topological polar surface area (TPSA) is 108 Å². The number of carbonyl (C=O) groups is 2. The molecule has 2 unspecified atom stereocenters. The number of phosphoric ester groups is 1. The summed E-state index contributed by atoms with van der Waals surface area (Å²) in [6, 6.07) is 0. The van der Waals surface area contributed by atoms with E-state index in [1.165, 1.54) is 89.9 Å². The smallest absolute Gasteiger partial charge is 0.462 e. The van der Waals surface area contributed by atoms with E-state index in [1.54, 1.807) is 0 Å². The molecule has 0 aliphatic rings. The van der Waals surface area contributed by atoms with Crippen LogP contribution < -0.4 is 0 Å². The summed E-state index contributed by atoms with van der Waals surface area (Å²) in [5.74, 6) is -0.816. The van der Waals surface area contributed by atoms with Crippen molar-refractivity contribution < 1.29 is 42.1 Å². The summed E-state index contributed by atoms with van der Waals surface area (Å²) in [5, 5.41) is 0. The molecule has 0 heterocycles. The average molecular weight is 933 g/mol. The first kappa shape index (κ1) is 62.4. The summed E-state index contributed by atoms with van der Waals surface area (Å²) >= 11 is 0. The van der Waals surface area contributed by atoms with Crippen LogP contribution in [0.5, 0.6) is 0 Å². The van der Waals surface area contributed by atoms with Crippen molar-refractivity contribution in [2.75, 3.05) is 47.5 Å². The third-order valence-corrected chi connectivity index (χ3v) is 12.0. The number of unbranched alkanes of at least 4 members (excludes halogenated alkanes) is 21. The lowest BCUT2D eigenvalue weighted by Gasteiger charge is -2.24. The van der Waals surface area contributed by atoms with Crippen molar-refractivity contribution in [2.45, 2.75) is 219 Å². The molecule has 0 aliphatic carbocycles. The molecule has 9 nitrogen and oxygen atoms in total. The number of nitrogens with zero attached hydrogens (tertiary/aromatic N) is 1. The Kier molecular flexibility index (Phi) is 44.7. The van der Waals surface area contributed by atoms with Gasteiger partial charge in [0.2, 0.25) is 0 Å². The lowest BCUT2D eigenvalue weighted by molar-refractivity contribution is -0.870. The van der Waals surface area contributed by atoms with Gasteiger partial charge in [0.1, 0.15) is 19.8 Å². The molecule has 0 fully saturated rings. The molecule has 376 valence electrons. The molecule has 0 saturated carbocycles. The number of phosphoric acid groups is 1. The Morgan fingerprint density at radius 3 is 1.31 bits per heavy atom. The quantitative estimate of drug-likeness (QED) is 0.0211. The van der Waals surface area contributed by atoms with Crippen LogP contribution in [0.4, 0.5) is 0 Å². The fourth-order valence-electron chi connectivity index (χ4n) is 6.92. The van der Waals surface area contributed by atoms with Gasteiger partial charge in [-0.1, -0.05) is 189 Å². The molecule has 0 aromatic rings. The minimum atomic E-state index is -4.39. The van der Waals surface area contributed by atoms with Crippen molar-refractivity contribution in [2.24, 2.45) is 0 Å². The van der Waals surface area contributed by atoms with Gasteiger partial charge in [-0.2, -0.15) is 0 Å². The SMILES string of the molecule is CC/C=C\C/C=C\C/C=C\C/C=C\CCCCCCCCCCCCCCC(=O)OC(COC(=O)CCCCCCC/C=C\C/C=C\CCCCCC)COP(=O)(O)OCC[N+](C)(C)C. The number of esters is 2. The Morgan fingerprint density at radius 1 is 0.492 bits per heavy atom. The van der Waals surface area contributed by atoms with Crippen LogP contribution in [0.2, 0.25) is 0 Å². The summed E-state index contributed by atoms with van der Waals surface area (Å²) in [6.07, 6.45) is 59.5. The van der Waals surface area contributed by atoms with Gasteiger partial charge in [0.15, 0.2) is 6.10 Å². The van der Waals surface area contributed by atoms with E-state index < -0.39 is 26.5 Å². The zero-order valence-electron chi connectivity index (χ0n) is 42.5. The van der Waals surface area contributed by atoms with Crippen LogP contribution in [0.1, 0.15) is 213 Å². The van der Waals surface area contributed by atoms with Crippen LogP contribution in [0, 0.1) is 0 Å². The number of likely N-dealkylation sites (N-methyl/N-ethyl adjacent to an activating group) is 1. The van der Waals surface area contributed by atoms with Crippen LogP contribution in [0.15, 0.2) is 72.9 Å². The Bertz CT molecular complexity index is 1330. The average Bonchev–Trinajstić information content (AvgIpc) is 3.26. The molecule has 0 saturated heterocycles. The van der Waals surface area contributed by atoms with E-state index in [9.17, 15) is 19.0 Å². The second-order valence-corrected chi connectivity index (χ2v) is 20.0. The lowest BCUT2D eigenvalue weighted by atomic mass is 10.0. The Morgan fingerprint density at radius 2 is 0.877 bits per heavy atom. The number of ether oxygens (including phenoxy) is 2. The maximum atomic E-state index is 12.8. The van der Waals surface area contributed by atoms with Gasteiger partial charge >= 0.3 is 19.8 Å². The number of rotatable bonds is 47. The van der Waals surface area contributed by atoms with Crippen molar-refractivity contribution in [3.8, 4) is 0 Å². The van der Waals surface area contributed by atoms with Crippen molar-refractivity contribution in [3.05, 3.63) is 72.9 Å². The molecule has 2 atom stereocenters. The molecular formula is C55H99NO8P+. The van der Waals surface area contributed by atoms with Gasteiger partial charge < -0.3 is 18.9 Å². The molecule has 0 aliphatic heterocycles. The fraction of sp³-hybridized carbons (Fsp3) is 0.745. The lowest BCUT2D eigenvalue weighted by Crippen LogP contribution is -2.37. The van der Waals surface area contributed by atoms with Crippen LogP contribution in [-0.2, 0) is 32.7 Å². The van der Waals surface area contributed by atoms with E-state index in [-0.39, 0.29) is 32.0 Å². The van der Waals surface area contributed by atoms with Gasteiger partial charge in [-0.15, -0.1) is 0 Å². The van der Waals surface area contributed by atoms with Crippen molar-refractivity contribution >= 4 is 19.8 Å². The molecule has 0 spiro atoms. The monoisotopic (exact) mass is 933 g/mol. The Balaban J connectivity index is 4.23. The van der Waals surface area contributed by atoms with Crippen LogP contribution in [0.25, 0.3) is 0 Å². The van der Waals surface area contributed by atoms with Crippen molar-refractivity contribution in [1.29, 1.82) is 0 Å². The highest BCUT2D eigenvalue weighted by molar-refractivity contribution is 7.47. The normalized spacial score (nSPS) is 14.0. The maximum absolute atomic E-state index is 12.8. The van der Waals surface area contributed by atoms with Crippen molar-refractivity contribution in [3.63, 3.8) is 0 Å². The van der Waals surface area contributed by atoms with Gasteiger partial charge in [-0.25, -0.2) is 4.57 Å².